The molecule has 2 aromatic carbocycles. The largest absolute Gasteiger partial charge is 0.462 e. The van der Waals surface area contributed by atoms with Crippen LogP contribution in [0.3, 0.4) is 0 Å². The summed E-state index contributed by atoms with van der Waals surface area (Å²) in [4.78, 5) is 23.9. The van der Waals surface area contributed by atoms with Gasteiger partial charge in [0.05, 0.1) is 11.5 Å². The molecule has 5 nitrogen and oxygen atoms in total. The topological polar surface area (TPSA) is 72.8 Å². The van der Waals surface area contributed by atoms with E-state index in [2.05, 4.69) is 160 Å². The van der Waals surface area contributed by atoms with Gasteiger partial charge in [0.2, 0.25) is 0 Å². The predicted molar refractivity (Wildman–Crippen MR) is 189 cm³/mol. The number of esters is 2. The number of thioether (sulfide) groups is 2. The molecule has 0 amide bonds. The standard InChI is InChI=1S/C21H18I6O5S2/c22-13-1-11(20(26)16(24)3-13)7-33-9-18(29)31-5-15(28)6-32-19(30)10-34-8-12-2-14(23)4-17(25)21(12)27/h1-4,15,28H,5-10H2. The van der Waals surface area contributed by atoms with E-state index in [4.69, 9.17) is 9.47 Å². The van der Waals surface area contributed by atoms with Crippen LogP contribution in [0, 0.1) is 21.4 Å². The maximum absolute atomic E-state index is 12.0. The van der Waals surface area contributed by atoms with Gasteiger partial charge in [0, 0.05) is 32.9 Å². The lowest BCUT2D eigenvalue weighted by atomic mass is 10.2. The van der Waals surface area contributed by atoms with Crippen molar-refractivity contribution < 1.29 is 24.2 Å². The average molecular weight is 1180 g/mol. The smallest absolute Gasteiger partial charge is 0.315 e. The minimum Gasteiger partial charge on any atom is -0.462 e. The lowest BCUT2D eigenvalue weighted by molar-refractivity contribution is -0.148. The molecule has 2 rings (SSSR count). The van der Waals surface area contributed by atoms with Crippen molar-refractivity contribution in [1.29, 1.82) is 0 Å². The van der Waals surface area contributed by atoms with Crippen LogP contribution in [0.4, 0.5) is 0 Å². The molecule has 0 bridgehead atoms. The summed E-state index contributed by atoms with van der Waals surface area (Å²) in [5, 5.41) is 9.98. The lowest BCUT2D eigenvalue weighted by Crippen LogP contribution is -2.26. The molecule has 0 unspecified atom stereocenters. The van der Waals surface area contributed by atoms with Crippen LogP contribution in [-0.2, 0) is 30.6 Å². The Morgan fingerprint density at radius 3 is 1.50 bits per heavy atom. The highest BCUT2D eigenvalue weighted by Gasteiger charge is 2.14. The molecule has 186 valence electrons. The molecule has 0 aliphatic heterocycles. The number of ether oxygens (including phenoxy) is 2. The van der Waals surface area contributed by atoms with Crippen molar-refractivity contribution in [2.45, 2.75) is 17.6 Å². The van der Waals surface area contributed by atoms with Crippen LogP contribution in [0.15, 0.2) is 24.3 Å². The number of benzene rings is 2. The van der Waals surface area contributed by atoms with Gasteiger partial charge in [-0.3, -0.25) is 9.59 Å². The van der Waals surface area contributed by atoms with Crippen LogP contribution in [0.2, 0.25) is 0 Å². The monoisotopic (exact) mass is 1180 g/mol. The maximum atomic E-state index is 12.0. The predicted octanol–water partition coefficient (Wildman–Crippen LogP) is 6.93. The summed E-state index contributed by atoms with van der Waals surface area (Å²) in [6.07, 6.45) is -1.04. The van der Waals surface area contributed by atoms with Gasteiger partial charge < -0.3 is 14.6 Å². The van der Waals surface area contributed by atoms with E-state index in [1.807, 2.05) is 0 Å². The summed E-state index contributed by atoms with van der Waals surface area (Å²) in [5.74, 6) is 0.997. The number of halogens is 6. The van der Waals surface area contributed by atoms with Crippen LogP contribution >= 0.6 is 159 Å². The summed E-state index contributed by atoms with van der Waals surface area (Å²) in [5.41, 5.74) is 2.37. The molecule has 0 aromatic heterocycles. The molecule has 2 aromatic rings. The van der Waals surface area contributed by atoms with Gasteiger partial charge in [-0.1, -0.05) is 0 Å². The Balaban J connectivity index is 1.61. The van der Waals surface area contributed by atoms with Crippen LogP contribution in [0.1, 0.15) is 11.1 Å². The fourth-order valence-electron chi connectivity index (χ4n) is 2.43. The van der Waals surface area contributed by atoms with Crippen molar-refractivity contribution >= 4 is 171 Å². The lowest BCUT2D eigenvalue weighted by Gasteiger charge is -2.12. The molecule has 0 atom stereocenters. The number of aliphatic hydroxyl groups excluding tert-OH is 1. The molecule has 0 aliphatic carbocycles. The molecule has 13 heteroatoms. The van der Waals surface area contributed by atoms with Crippen LogP contribution < -0.4 is 0 Å². The second-order valence-corrected chi connectivity index (χ2v) is 15.7. The van der Waals surface area contributed by atoms with Crippen molar-refractivity contribution in [3.63, 3.8) is 0 Å². The number of carbonyl (C=O) groups is 2. The molecule has 0 radical (unpaired) electrons. The summed E-state index contributed by atoms with van der Waals surface area (Å²) in [6, 6.07) is 8.45. The van der Waals surface area contributed by atoms with E-state index in [0.717, 1.165) is 7.14 Å². The molecule has 0 spiro atoms. The van der Waals surface area contributed by atoms with Gasteiger partial charge in [-0.15, -0.1) is 23.5 Å². The number of rotatable bonds is 12. The zero-order valence-electron chi connectivity index (χ0n) is 17.3. The highest BCUT2D eigenvalue weighted by atomic mass is 127. The fraction of sp³-hybridized carbons (Fsp3) is 0.333. The van der Waals surface area contributed by atoms with Gasteiger partial charge >= 0.3 is 11.9 Å². The summed E-state index contributed by atoms with van der Waals surface area (Å²) in [7, 11) is 0. The van der Waals surface area contributed by atoms with Gasteiger partial charge in [-0.2, -0.15) is 0 Å². The highest BCUT2D eigenvalue weighted by molar-refractivity contribution is 14.1. The zero-order valence-corrected chi connectivity index (χ0v) is 31.9. The normalized spacial score (nSPS) is 11.1. The molecule has 1 N–H and O–H groups in total. The first-order valence-electron chi connectivity index (χ1n) is 9.48. The number of aliphatic hydroxyl groups is 1. The number of carbonyl (C=O) groups excluding carboxylic acids is 2. The fourth-order valence-corrected chi connectivity index (χ4v) is 9.48. The van der Waals surface area contributed by atoms with Crippen molar-refractivity contribution in [1.82, 2.24) is 0 Å². The minimum atomic E-state index is -1.04. The Bertz CT molecular complexity index is 944. The Morgan fingerprint density at radius 1 is 0.735 bits per heavy atom. The van der Waals surface area contributed by atoms with Crippen LogP contribution in [-0.4, -0.2) is 47.9 Å². The first kappa shape index (κ1) is 32.6. The van der Waals surface area contributed by atoms with Crippen molar-refractivity contribution in [2.75, 3.05) is 24.7 Å². The summed E-state index contributed by atoms with van der Waals surface area (Å²) in [6.45, 7) is -0.394. The first-order chi connectivity index (χ1) is 16.1. The van der Waals surface area contributed by atoms with E-state index < -0.39 is 18.0 Å². The molecule has 0 fully saturated rings. The van der Waals surface area contributed by atoms with Gasteiger partial charge in [-0.25, -0.2) is 0 Å². The third-order valence-corrected chi connectivity index (χ3v) is 13.4. The van der Waals surface area contributed by atoms with Gasteiger partial charge in [0.1, 0.15) is 19.3 Å². The third-order valence-electron chi connectivity index (χ3n) is 3.97. The Hall–Kier alpha value is 2.42. The minimum absolute atomic E-state index is 0.192. The average Bonchev–Trinajstić information content (AvgIpc) is 2.77. The summed E-state index contributed by atoms with van der Waals surface area (Å²) >= 11 is 16.8. The molecule has 0 saturated carbocycles. The van der Waals surface area contributed by atoms with Crippen LogP contribution in [0.5, 0.6) is 0 Å². The molecule has 0 heterocycles. The van der Waals surface area contributed by atoms with E-state index in [1.165, 1.54) is 48.9 Å². The quantitative estimate of drug-likeness (QED) is 0.141. The second-order valence-electron chi connectivity index (χ2n) is 6.73. The zero-order chi connectivity index (χ0) is 25.3. The van der Waals surface area contributed by atoms with E-state index in [-0.39, 0.29) is 24.7 Å². The maximum Gasteiger partial charge on any atom is 0.315 e. The second kappa shape index (κ2) is 17.2. The van der Waals surface area contributed by atoms with E-state index >= 15 is 0 Å². The molecule has 34 heavy (non-hydrogen) atoms. The van der Waals surface area contributed by atoms with E-state index in [9.17, 15) is 14.7 Å². The van der Waals surface area contributed by atoms with Gasteiger partial charge in [0.15, 0.2) is 0 Å². The Kier molecular flexibility index (Phi) is 16.5. The first-order valence-corrected chi connectivity index (χ1v) is 18.3. The van der Waals surface area contributed by atoms with Crippen LogP contribution in [0.25, 0.3) is 0 Å². The Morgan fingerprint density at radius 2 is 1.12 bits per heavy atom. The molecular formula is C21H18I6O5S2. The third kappa shape index (κ3) is 12.1. The number of hydrogen-bond acceptors (Lipinski definition) is 7. The number of hydrogen-bond donors (Lipinski definition) is 1. The van der Waals surface area contributed by atoms with Crippen molar-refractivity contribution in [2.24, 2.45) is 0 Å². The molecule has 0 saturated heterocycles. The van der Waals surface area contributed by atoms with Crippen molar-refractivity contribution in [3.8, 4) is 0 Å². The van der Waals surface area contributed by atoms with Gasteiger partial charge in [-0.05, 0) is 171 Å². The van der Waals surface area contributed by atoms with Gasteiger partial charge in [0.25, 0.3) is 0 Å². The summed E-state index contributed by atoms with van der Waals surface area (Å²) < 4.78 is 17.3. The highest BCUT2D eigenvalue weighted by Crippen LogP contribution is 2.27. The van der Waals surface area contributed by atoms with E-state index in [0.29, 0.717) is 11.5 Å². The van der Waals surface area contributed by atoms with Crippen molar-refractivity contribution in [3.05, 3.63) is 56.8 Å². The molecule has 0 aliphatic rings. The van der Waals surface area contributed by atoms with E-state index in [1.54, 1.807) is 0 Å². The SMILES string of the molecule is O=C(CSCc1cc(I)cc(I)c1I)OCC(O)COC(=O)CSCc1cc(I)cc(I)c1I. The molecular weight excluding hydrogens is 1160 g/mol. The Labute approximate surface area is 289 Å².